The van der Waals surface area contributed by atoms with Gasteiger partial charge < -0.3 is 10.5 Å². The Morgan fingerprint density at radius 2 is 2.07 bits per heavy atom. The normalized spacial score (nSPS) is 11.5. The average molecular weight is 197 g/mol. The second kappa shape index (κ2) is 3.96. The van der Waals surface area contributed by atoms with Crippen molar-refractivity contribution in [2.24, 2.45) is 5.73 Å². The Hall–Kier alpha value is -1.09. The van der Waals surface area contributed by atoms with Crippen LogP contribution in [0.25, 0.3) is 0 Å². The van der Waals surface area contributed by atoms with Crippen molar-refractivity contribution in [2.75, 3.05) is 6.54 Å². The lowest BCUT2D eigenvalue weighted by atomic mass is 10.1. The van der Waals surface area contributed by atoms with Gasteiger partial charge in [0.25, 0.3) is 0 Å². The van der Waals surface area contributed by atoms with Crippen LogP contribution in [0.3, 0.4) is 0 Å². The molecule has 0 bridgehead atoms. The number of ether oxygens (including phenoxy) is 1. The van der Waals surface area contributed by atoms with E-state index in [2.05, 4.69) is 0 Å². The molecule has 14 heavy (non-hydrogen) atoms. The Labute approximate surface area is 83.9 Å². The summed E-state index contributed by atoms with van der Waals surface area (Å²) < 4.78 is 18.4. The molecule has 1 aromatic carbocycles. The monoisotopic (exact) mass is 197 g/mol. The zero-order valence-electron chi connectivity index (χ0n) is 8.80. The number of nitrogens with two attached hydrogens (primary N) is 1. The van der Waals surface area contributed by atoms with Crippen molar-refractivity contribution in [3.05, 3.63) is 29.6 Å². The lowest BCUT2D eigenvalue weighted by Crippen LogP contribution is -2.37. The molecular weight excluding hydrogens is 181 g/mol. The fourth-order valence-electron chi connectivity index (χ4n) is 1.07. The van der Waals surface area contributed by atoms with Gasteiger partial charge in [-0.25, -0.2) is 4.39 Å². The molecule has 1 rings (SSSR count). The van der Waals surface area contributed by atoms with E-state index in [0.717, 1.165) is 5.56 Å². The van der Waals surface area contributed by atoms with E-state index in [-0.39, 0.29) is 5.82 Å². The highest BCUT2D eigenvalue weighted by atomic mass is 19.1. The average Bonchev–Trinajstić information content (AvgIpc) is 2.10. The summed E-state index contributed by atoms with van der Waals surface area (Å²) in [5.41, 5.74) is 5.90. The maximum Gasteiger partial charge on any atom is 0.123 e. The van der Waals surface area contributed by atoms with Crippen LogP contribution in [0.15, 0.2) is 18.2 Å². The van der Waals surface area contributed by atoms with Gasteiger partial charge in [-0.2, -0.15) is 0 Å². The smallest absolute Gasteiger partial charge is 0.123 e. The highest BCUT2D eigenvalue weighted by Crippen LogP contribution is 2.22. The second-order valence-electron chi connectivity index (χ2n) is 3.98. The van der Waals surface area contributed by atoms with Crippen LogP contribution in [-0.2, 0) is 0 Å². The van der Waals surface area contributed by atoms with Crippen molar-refractivity contribution in [3.8, 4) is 5.75 Å². The molecule has 1 aromatic rings. The van der Waals surface area contributed by atoms with Gasteiger partial charge in [0.1, 0.15) is 17.2 Å². The molecule has 0 spiro atoms. The van der Waals surface area contributed by atoms with Crippen LogP contribution >= 0.6 is 0 Å². The molecule has 0 saturated heterocycles. The van der Waals surface area contributed by atoms with Crippen LogP contribution in [0.5, 0.6) is 5.75 Å². The van der Waals surface area contributed by atoms with Crippen LogP contribution < -0.4 is 10.5 Å². The van der Waals surface area contributed by atoms with Crippen LogP contribution in [0.4, 0.5) is 4.39 Å². The molecule has 78 valence electrons. The molecule has 2 N–H and O–H groups in total. The number of hydrogen-bond donors (Lipinski definition) is 1. The highest BCUT2D eigenvalue weighted by molar-refractivity contribution is 5.33. The van der Waals surface area contributed by atoms with Gasteiger partial charge in [-0.1, -0.05) is 0 Å². The maximum atomic E-state index is 12.8. The Morgan fingerprint density at radius 1 is 1.43 bits per heavy atom. The minimum absolute atomic E-state index is 0.250. The summed E-state index contributed by atoms with van der Waals surface area (Å²) in [6.07, 6.45) is 0. The van der Waals surface area contributed by atoms with Gasteiger partial charge in [0, 0.05) is 6.54 Å². The van der Waals surface area contributed by atoms with Gasteiger partial charge in [0.15, 0.2) is 0 Å². The fourth-order valence-corrected chi connectivity index (χ4v) is 1.07. The summed E-state index contributed by atoms with van der Waals surface area (Å²) in [5.74, 6) is 0.433. The highest BCUT2D eigenvalue weighted by Gasteiger charge is 2.18. The summed E-state index contributed by atoms with van der Waals surface area (Å²) >= 11 is 0. The number of halogens is 1. The third-order valence-electron chi connectivity index (χ3n) is 2.01. The first kappa shape index (κ1) is 11.0. The van der Waals surface area contributed by atoms with Crippen molar-refractivity contribution in [1.29, 1.82) is 0 Å². The summed E-state index contributed by atoms with van der Waals surface area (Å²) in [6, 6.07) is 4.46. The lowest BCUT2D eigenvalue weighted by molar-refractivity contribution is 0.117. The molecule has 3 heteroatoms. The molecule has 0 atom stereocenters. The zero-order chi connectivity index (χ0) is 10.8. The van der Waals surface area contributed by atoms with Gasteiger partial charge in [-0.05, 0) is 44.5 Å². The molecule has 0 aliphatic rings. The number of rotatable bonds is 3. The third-order valence-corrected chi connectivity index (χ3v) is 2.01. The maximum absolute atomic E-state index is 12.8. The Kier molecular flexibility index (Phi) is 3.11. The number of hydrogen-bond acceptors (Lipinski definition) is 2. The quantitative estimate of drug-likeness (QED) is 0.806. The molecule has 2 nitrogen and oxygen atoms in total. The molecule has 0 saturated carbocycles. The van der Waals surface area contributed by atoms with E-state index in [4.69, 9.17) is 10.5 Å². The van der Waals surface area contributed by atoms with Crippen molar-refractivity contribution in [2.45, 2.75) is 26.4 Å². The summed E-state index contributed by atoms with van der Waals surface area (Å²) in [4.78, 5) is 0. The largest absolute Gasteiger partial charge is 0.486 e. The first-order valence-electron chi connectivity index (χ1n) is 4.60. The van der Waals surface area contributed by atoms with E-state index in [9.17, 15) is 4.39 Å². The molecule has 0 unspecified atom stereocenters. The summed E-state index contributed by atoms with van der Waals surface area (Å²) in [5, 5.41) is 0. The minimum atomic E-state index is -0.414. The Balaban J connectivity index is 2.87. The van der Waals surface area contributed by atoms with Gasteiger partial charge in [-0.3, -0.25) is 0 Å². The minimum Gasteiger partial charge on any atom is -0.486 e. The van der Waals surface area contributed by atoms with E-state index in [1.807, 2.05) is 20.8 Å². The summed E-state index contributed by atoms with van der Waals surface area (Å²) in [7, 11) is 0. The standard InChI is InChI=1S/C11H16FNO/c1-8-6-9(12)4-5-10(8)14-11(2,3)7-13/h4-6H,7,13H2,1-3H3. The molecule has 0 heterocycles. The Bertz CT molecular complexity index is 323. The van der Waals surface area contributed by atoms with Crippen molar-refractivity contribution in [1.82, 2.24) is 0 Å². The van der Waals surface area contributed by atoms with E-state index in [1.165, 1.54) is 12.1 Å². The SMILES string of the molecule is Cc1cc(F)ccc1OC(C)(C)CN. The van der Waals surface area contributed by atoms with Crippen LogP contribution in [0.2, 0.25) is 0 Å². The first-order chi connectivity index (χ1) is 6.44. The van der Waals surface area contributed by atoms with E-state index < -0.39 is 5.60 Å². The van der Waals surface area contributed by atoms with E-state index in [0.29, 0.717) is 12.3 Å². The van der Waals surface area contributed by atoms with Crippen molar-refractivity contribution >= 4 is 0 Å². The van der Waals surface area contributed by atoms with Crippen LogP contribution in [-0.4, -0.2) is 12.1 Å². The first-order valence-corrected chi connectivity index (χ1v) is 4.60. The molecule has 0 aliphatic carbocycles. The topological polar surface area (TPSA) is 35.2 Å². The molecular formula is C11H16FNO. The van der Waals surface area contributed by atoms with Crippen molar-refractivity contribution in [3.63, 3.8) is 0 Å². The number of aryl methyl sites for hydroxylation is 1. The fraction of sp³-hybridized carbons (Fsp3) is 0.455. The molecule has 0 aromatic heterocycles. The third kappa shape index (κ3) is 2.70. The van der Waals surface area contributed by atoms with Gasteiger partial charge in [-0.15, -0.1) is 0 Å². The van der Waals surface area contributed by atoms with E-state index in [1.54, 1.807) is 6.07 Å². The van der Waals surface area contributed by atoms with E-state index >= 15 is 0 Å². The van der Waals surface area contributed by atoms with Gasteiger partial charge >= 0.3 is 0 Å². The van der Waals surface area contributed by atoms with Crippen LogP contribution in [0, 0.1) is 12.7 Å². The molecule has 0 aliphatic heterocycles. The molecule has 0 amide bonds. The molecule has 0 radical (unpaired) electrons. The Morgan fingerprint density at radius 3 is 2.57 bits per heavy atom. The number of benzene rings is 1. The second-order valence-corrected chi connectivity index (χ2v) is 3.98. The van der Waals surface area contributed by atoms with Gasteiger partial charge in [0.2, 0.25) is 0 Å². The lowest BCUT2D eigenvalue weighted by Gasteiger charge is -2.25. The van der Waals surface area contributed by atoms with Crippen LogP contribution in [0.1, 0.15) is 19.4 Å². The predicted molar refractivity (Wildman–Crippen MR) is 54.9 cm³/mol. The van der Waals surface area contributed by atoms with Crippen molar-refractivity contribution < 1.29 is 9.13 Å². The summed E-state index contributed by atoms with van der Waals surface area (Å²) in [6.45, 7) is 6.03. The van der Waals surface area contributed by atoms with Gasteiger partial charge in [0.05, 0.1) is 0 Å². The predicted octanol–water partition coefficient (Wildman–Crippen LogP) is 2.25. The zero-order valence-corrected chi connectivity index (χ0v) is 8.80. The molecule has 0 fully saturated rings.